The summed E-state index contributed by atoms with van der Waals surface area (Å²) in [7, 11) is 0. The van der Waals surface area contributed by atoms with Crippen LogP contribution in [0.15, 0.2) is 180 Å². The summed E-state index contributed by atoms with van der Waals surface area (Å²) in [6, 6.07) is 64.4. The molecule has 0 aliphatic heterocycles. The van der Waals surface area contributed by atoms with Gasteiger partial charge in [0.2, 0.25) is 0 Å². The van der Waals surface area contributed by atoms with Crippen molar-refractivity contribution >= 4 is 71.3 Å². The largest absolute Gasteiger partial charge is 0.456 e. The van der Waals surface area contributed by atoms with E-state index in [-0.39, 0.29) is 5.41 Å². The minimum absolute atomic E-state index is 0.0543. The smallest absolute Gasteiger partial charge is 0.135 e. The minimum atomic E-state index is -0.0543. The van der Waals surface area contributed by atoms with Crippen molar-refractivity contribution in [3.8, 4) is 22.3 Å². The topological polar surface area (TPSA) is 16.4 Å². The van der Waals surface area contributed by atoms with Gasteiger partial charge in [0.15, 0.2) is 0 Å². The van der Waals surface area contributed by atoms with Gasteiger partial charge in [-0.1, -0.05) is 135 Å². The minimum Gasteiger partial charge on any atom is -0.456 e. The molecule has 1 aliphatic carbocycles. The van der Waals surface area contributed by atoms with Crippen LogP contribution in [0.4, 0.5) is 17.1 Å². The molecule has 0 atom stereocenters. The quantitative estimate of drug-likeness (QED) is 0.172. The maximum atomic E-state index is 6.13. The maximum absolute atomic E-state index is 6.13. The Morgan fingerprint density at radius 3 is 1.64 bits per heavy atom. The molecule has 0 spiro atoms. The molecule has 9 aromatic carbocycles. The molecule has 1 aromatic heterocycles. The average molecular weight is 678 g/mol. The first-order valence-electron chi connectivity index (χ1n) is 18.4. The predicted octanol–water partition coefficient (Wildman–Crippen LogP) is 14.5. The van der Waals surface area contributed by atoms with Crippen molar-refractivity contribution in [2.24, 2.45) is 0 Å². The van der Waals surface area contributed by atoms with E-state index in [2.05, 4.69) is 183 Å². The molecule has 0 amide bonds. The Morgan fingerprint density at radius 1 is 0.358 bits per heavy atom. The number of rotatable bonds is 4. The van der Waals surface area contributed by atoms with Gasteiger partial charge in [0.1, 0.15) is 11.2 Å². The fraction of sp³-hybridized carbons (Fsp3) is 0.0588. The SMILES string of the molecule is CC1(C)c2ccccc2-c2cc(N(c3ccc(-c4ccc5oc6ccccc6c5c4)cc3)c3ccc4c5ccccc5c5ccccc5c4c3)ccc21. The van der Waals surface area contributed by atoms with Crippen molar-refractivity contribution in [1.29, 1.82) is 0 Å². The van der Waals surface area contributed by atoms with Gasteiger partial charge in [0, 0.05) is 33.2 Å². The highest BCUT2D eigenvalue weighted by atomic mass is 16.3. The fourth-order valence-electron chi connectivity index (χ4n) is 9.04. The zero-order valence-corrected chi connectivity index (χ0v) is 29.6. The normalized spacial score (nSPS) is 13.2. The van der Waals surface area contributed by atoms with Gasteiger partial charge in [-0.3, -0.25) is 0 Å². The summed E-state index contributed by atoms with van der Waals surface area (Å²) in [5.41, 5.74) is 12.9. The Hall–Kier alpha value is -6.64. The predicted molar refractivity (Wildman–Crippen MR) is 224 cm³/mol. The summed E-state index contributed by atoms with van der Waals surface area (Å²) in [4.78, 5) is 2.42. The molecular formula is C51H35NO. The zero-order valence-electron chi connectivity index (χ0n) is 29.6. The van der Waals surface area contributed by atoms with Crippen LogP contribution in [-0.2, 0) is 5.41 Å². The Labute approximate surface area is 308 Å². The Bertz CT molecular complexity index is 3060. The van der Waals surface area contributed by atoms with Crippen molar-refractivity contribution in [2.45, 2.75) is 19.3 Å². The van der Waals surface area contributed by atoms with Crippen molar-refractivity contribution in [3.63, 3.8) is 0 Å². The molecule has 2 nitrogen and oxygen atoms in total. The zero-order chi connectivity index (χ0) is 35.3. The van der Waals surface area contributed by atoms with Gasteiger partial charge in [0.25, 0.3) is 0 Å². The first-order chi connectivity index (χ1) is 26.0. The highest BCUT2D eigenvalue weighted by Gasteiger charge is 2.35. The summed E-state index contributed by atoms with van der Waals surface area (Å²) in [5.74, 6) is 0. The van der Waals surface area contributed by atoms with Crippen LogP contribution in [0.3, 0.4) is 0 Å². The standard InChI is InChI=1S/C51H35NO/c1-51(2)47-17-9-7-15-42(47)45-31-36(25-27-48(45)51)52(35-24-26-41-39-13-4-3-11-37(39)38-12-5-6-14-40(38)44(41)30-35)34-22-19-32(20-23-34)33-21-28-50-46(29-33)43-16-8-10-18-49(43)53-50/h3-31H,1-2H3. The maximum Gasteiger partial charge on any atom is 0.135 e. The number of furan rings is 1. The van der Waals surface area contributed by atoms with E-state index >= 15 is 0 Å². The van der Waals surface area contributed by atoms with Crippen molar-refractivity contribution in [3.05, 3.63) is 187 Å². The third-order valence-corrected chi connectivity index (χ3v) is 11.6. The molecule has 2 heteroatoms. The van der Waals surface area contributed by atoms with Gasteiger partial charge in [-0.05, 0) is 120 Å². The van der Waals surface area contributed by atoms with Crippen LogP contribution >= 0.6 is 0 Å². The molecule has 0 bridgehead atoms. The third-order valence-electron chi connectivity index (χ3n) is 11.6. The number of nitrogens with zero attached hydrogens (tertiary/aromatic N) is 1. The van der Waals surface area contributed by atoms with Gasteiger partial charge in [-0.2, -0.15) is 0 Å². The van der Waals surface area contributed by atoms with E-state index in [4.69, 9.17) is 4.42 Å². The molecule has 11 rings (SSSR count). The molecular weight excluding hydrogens is 643 g/mol. The first-order valence-corrected chi connectivity index (χ1v) is 18.4. The van der Waals surface area contributed by atoms with Crippen LogP contribution in [0.25, 0.3) is 76.5 Å². The molecule has 0 N–H and O–H groups in total. The van der Waals surface area contributed by atoms with Crippen LogP contribution in [0, 0.1) is 0 Å². The second kappa shape index (κ2) is 11.2. The molecule has 10 aromatic rings. The van der Waals surface area contributed by atoms with E-state index in [1.54, 1.807) is 0 Å². The summed E-state index contributed by atoms with van der Waals surface area (Å²) in [6.07, 6.45) is 0. The number of benzene rings is 9. The molecule has 250 valence electrons. The molecule has 53 heavy (non-hydrogen) atoms. The molecule has 0 saturated heterocycles. The fourth-order valence-corrected chi connectivity index (χ4v) is 9.04. The second-order valence-electron chi connectivity index (χ2n) is 14.9. The van der Waals surface area contributed by atoms with Crippen molar-refractivity contribution in [2.75, 3.05) is 4.90 Å². The molecule has 0 unspecified atom stereocenters. The number of hydrogen-bond donors (Lipinski definition) is 0. The molecule has 0 saturated carbocycles. The summed E-state index contributed by atoms with van der Waals surface area (Å²) < 4.78 is 6.13. The van der Waals surface area contributed by atoms with Crippen molar-refractivity contribution in [1.82, 2.24) is 0 Å². The van der Waals surface area contributed by atoms with Crippen LogP contribution in [0.1, 0.15) is 25.0 Å². The first kappa shape index (κ1) is 30.0. The van der Waals surface area contributed by atoms with E-state index in [9.17, 15) is 0 Å². The van der Waals surface area contributed by atoms with Crippen LogP contribution in [-0.4, -0.2) is 0 Å². The van der Waals surface area contributed by atoms with E-state index in [0.29, 0.717) is 0 Å². The summed E-state index contributed by atoms with van der Waals surface area (Å²) in [6.45, 7) is 4.69. The Kier molecular flexibility index (Phi) is 6.33. The van der Waals surface area contributed by atoms with Crippen LogP contribution in [0.5, 0.6) is 0 Å². The Morgan fingerprint density at radius 2 is 0.887 bits per heavy atom. The monoisotopic (exact) mass is 677 g/mol. The van der Waals surface area contributed by atoms with Gasteiger partial charge >= 0.3 is 0 Å². The van der Waals surface area contributed by atoms with Gasteiger partial charge in [-0.25, -0.2) is 0 Å². The van der Waals surface area contributed by atoms with E-state index in [0.717, 1.165) is 39.0 Å². The lowest BCUT2D eigenvalue weighted by Crippen LogP contribution is -2.15. The highest BCUT2D eigenvalue weighted by Crippen LogP contribution is 2.51. The molecule has 1 heterocycles. The van der Waals surface area contributed by atoms with Crippen molar-refractivity contribution < 1.29 is 4.42 Å². The van der Waals surface area contributed by atoms with Gasteiger partial charge in [0.05, 0.1) is 0 Å². The number of hydrogen-bond acceptors (Lipinski definition) is 2. The third kappa shape index (κ3) is 4.45. The number of para-hydroxylation sites is 1. The summed E-state index contributed by atoms with van der Waals surface area (Å²) in [5, 5.41) is 9.93. The second-order valence-corrected chi connectivity index (χ2v) is 14.9. The van der Waals surface area contributed by atoms with Gasteiger partial charge in [-0.15, -0.1) is 0 Å². The van der Waals surface area contributed by atoms with Crippen LogP contribution in [0.2, 0.25) is 0 Å². The Balaban J connectivity index is 1.10. The van der Waals surface area contributed by atoms with Gasteiger partial charge < -0.3 is 9.32 Å². The molecule has 0 radical (unpaired) electrons. The lowest BCUT2D eigenvalue weighted by atomic mass is 9.82. The molecule has 0 fully saturated rings. The number of anilines is 3. The summed E-state index contributed by atoms with van der Waals surface area (Å²) >= 11 is 0. The van der Waals surface area contributed by atoms with E-state index in [1.807, 2.05) is 12.1 Å². The number of fused-ring (bicyclic) bond motifs is 12. The van der Waals surface area contributed by atoms with E-state index < -0.39 is 0 Å². The highest BCUT2D eigenvalue weighted by molar-refractivity contribution is 6.25. The lowest BCUT2D eigenvalue weighted by molar-refractivity contribution is 0.660. The lowest BCUT2D eigenvalue weighted by Gasteiger charge is -2.28. The van der Waals surface area contributed by atoms with E-state index in [1.165, 1.54) is 65.7 Å². The average Bonchev–Trinajstić information content (AvgIpc) is 3.69. The molecule has 1 aliphatic rings. The van der Waals surface area contributed by atoms with Crippen LogP contribution < -0.4 is 4.90 Å².